The maximum atomic E-state index is 9.61. The van der Waals surface area contributed by atoms with Crippen LogP contribution in [0.5, 0.6) is 0 Å². The zero-order valence-electron chi connectivity index (χ0n) is 8.54. The lowest BCUT2D eigenvalue weighted by atomic mass is 10.0. The second kappa shape index (κ2) is 3.19. The predicted octanol–water partition coefficient (Wildman–Crippen LogP) is 0.668. The van der Waals surface area contributed by atoms with Crippen molar-refractivity contribution >= 4 is 0 Å². The number of rotatable bonds is 2. The lowest BCUT2D eigenvalue weighted by Gasteiger charge is -2.16. The third kappa shape index (κ3) is 1.38. The molecule has 2 aliphatic carbocycles. The lowest BCUT2D eigenvalue weighted by molar-refractivity contribution is 0.122. The quantitative estimate of drug-likeness (QED) is 0.683. The molecule has 3 heteroatoms. The van der Waals surface area contributed by atoms with E-state index in [9.17, 15) is 5.11 Å². The molecule has 1 spiro atoms. The second-order valence-electron chi connectivity index (χ2n) is 5.20. The fraction of sp³-hybridized carbons (Fsp3) is 1.00. The molecule has 3 nitrogen and oxygen atoms in total. The van der Waals surface area contributed by atoms with Crippen molar-refractivity contribution in [3.05, 3.63) is 0 Å². The van der Waals surface area contributed by atoms with Crippen LogP contribution in [0.25, 0.3) is 0 Å². The molecule has 80 valence electrons. The van der Waals surface area contributed by atoms with Crippen molar-refractivity contribution in [3.63, 3.8) is 0 Å². The topological polar surface area (TPSA) is 41.5 Å². The van der Waals surface area contributed by atoms with Crippen molar-refractivity contribution in [1.29, 1.82) is 0 Å². The molecule has 1 heterocycles. The zero-order valence-corrected chi connectivity index (χ0v) is 8.54. The Morgan fingerprint density at radius 1 is 1.21 bits per heavy atom. The van der Waals surface area contributed by atoms with Crippen LogP contribution in [0.2, 0.25) is 0 Å². The van der Waals surface area contributed by atoms with Crippen LogP contribution in [0.15, 0.2) is 0 Å². The monoisotopic (exact) mass is 197 g/mol. The van der Waals surface area contributed by atoms with Crippen LogP contribution in [-0.2, 0) is 4.74 Å². The number of nitrogens with one attached hydrogen (secondary N) is 1. The first-order valence-corrected chi connectivity index (χ1v) is 5.82. The smallest absolute Gasteiger partial charge is 0.0948 e. The molecule has 14 heavy (non-hydrogen) atoms. The summed E-state index contributed by atoms with van der Waals surface area (Å²) in [5.41, 5.74) is 0.627. The van der Waals surface area contributed by atoms with E-state index in [0.717, 1.165) is 0 Å². The Labute approximate surface area is 84.8 Å². The second-order valence-corrected chi connectivity index (χ2v) is 5.20. The average molecular weight is 197 g/mol. The fourth-order valence-corrected chi connectivity index (χ4v) is 3.18. The van der Waals surface area contributed by atoms with E-state index < -0.39 is 0 Å². The maximum Gasteiger partial charge on any atom is 0.0948 e. The largest absolute Gasteiger partial charge is 0.389 e. The minimum Gasteiger partial charge on any atom is -0.389 e. The molecule has 0 radical (unpaired) electrons. The van der Waals surface area contributed by atoms with E-state index >= 15 is 0 Å². The van der Waals surface area contributed by atoms with Crippen molar-refractivity contribution in [2.45, 2.75) is 50.3 Å². The normalized spacial score (nSPS) is 44.8. The van der Waals surface area contributed by atoms with Crippen LogP contribution in [0, 0.1) is 5.41 Å². The SMILES string of the molecule is O[C@@H]1COC[C@H]1NC1CC12CCCC2. The summed E-state index contributed by atoms with van der Waals surface area (Å²) in [5.74, 6) is 0. The predicted molar refractivity (Wildman–Crippen MR) is 53.1 cm³/mol. The van der Waals surface area contributed by atoms with Gasteiger partial charge in [-0.1, -0.05) is 12.8 Å². The van der Waals surface area contributed by atoms with E-state index in [1.165, 1.54) is 32.1 Å². The van der Waals surface area contributed by atoms with E-state index in [2.05, 4.69) is 5.32 Å². The van der Waals surface area contributed by atoms with Gasteiger partial charge in [0, 0.05) is 6.04 Å². The summed E-state index contributed by atoms with van der Waals surface area (Å²) < 4.78 is 5.24. The molecule has 1 aliphatic heterocycles. The molecule has 2 saturated carbocycles. The summed E-state index contributed by atoms with van der Waals surface area (Å²) in [5, 5.41) is 13.2. The molecule has 1 saturated heterocycles. The van der Waals surface area contributed by atoms with E-state index in [1.807, 2.05) is 0 Å². The van der Waals surface area contributed by atoms with Gasteiger partial charge in [0.1, 0.15) is 0 Å². The van der Waals surface area contributed by atoms with Gasteiger partial charge in [-0.05, 0) is 24.7 Å². The highest BCUT2D eigenvalue weighted by atomic mass is 16.5. The van der Waals surface area contributed by atoms with Crippen LogP contribution >= 0.6 is 0 Å². The molecule has 0 aromatic carbocycles. The van der Waals surface area contributed by atoms with E-state index in [-0.39, 0.29) is 12.1 Å². The van der Waals surface area contributed by atoms with E-state index in [4.69, 9.17) is 4.74 Å². The molecular formula is C11H19NO2. The first kappa shape index (κ1) is 9.13. The minimum absolute atomic E-state index is 0.194. The van der Waals surface area contributed by atoms with Gasteiger partial charge in [0.2, 0.25) is 0 Å². The van der Waals surface area contributed by atoms with Crippen LogP contribution in [0.1, 0.15) is 32.1 Å². The molecule has 0 aromatic rings. The zero-order chi connectivity index (χ0) is 9.60. The Hall–Kier alpha value is -0.120. The van der Waals surface area contributed by atoms with E-state index in [1.54, 1.807) is 0 Å². The van der Waals surface area contributed by atoms with Crippen LogP contribution in [0.3, 0.4) is 0 Å². The summed E-state index contributed by atoms with van der Waals surface area (Å²) in [6.45, 7) is 1.20. The highest BCUT2D eigenvalue weighted by molar-refractivity contribution is 5.11. The molecule has 3 fully saturated rings. The Morgan fingerprint density at radius 3 is 2.64 bits per heavy atom. The first-order chi connectivity index (χ1) is 6.80. The molecule has 0 aromatic heterocycles. The summed E-state index contributed by atoms with van der Waals surface area (Å²) in [6, 6.07) is 0.867. The van der Waals surface area contributed by atoms with Gasteiger partial charge in [-0.3, -0.25) is 0 Å². The van der Waals surface area contributed by atoms with Crippen molar-refractivity contribution in [1.82, 2.24) is 5.32 Å². The standard InChI is InChI=1S/C11H19NO2/c13-9-7-14-6-8(9)12-10-5-11(10)3-1-2-4-11/h8-10,12-13H,1-7H2/t8-,9-,10?/m1/s1. The summed E-state index contributed by atoms with van der Waals surface area (Å²) in [4.78, 5) is 0. The highest BCUT2D eigenvalue weighted by Crippen LogP contribution is 2.58. The van der Waals surface area contributed by atoms with E-state index in [0.29, 0.717) is 24.7 Å². The van der Waals surface area contributed by atoms with Gasteiger partial charge >= 0.3 is 0 Å². The molecule has 3 atom stereocenters. The molecular weight excluding hydrogens is 178 g/mol. The van der Waals surface area contributed by atoms with Crippen molar-refractivity contribution in [3.8, 4) is 0 Å². The Kier molecular flexibility index (Phi) is 2.08. The third-order valence-electron chi connectivity index (χ3n) is 4.25. The average Bonchev–Trinajstić information content (AvgIpc) is 2.50. The number of aliphatic hydroxyl groups excluding tert-OH is 1. The molecule has 0 amide bonds. The van der Waals surface area contributed by atoms with Gasteiger partial charge < -0.3 is 15.2 Å². The number of ether oxygens (including phenoxy) is 1. The van der Waals surface area contributed by atoms with Crippen LogP contribution in [0.4, 0.5) is 0 Å². The van der Waals surface area contributed by atoms with Gasteiger partial charge in [-0.2, -0.15) is 0 Å². The van der Waals surface area contributed by atoms with Crippen molar-refractivity contribution in [2.75, 3.05) is 13.2 Å². The maximum absolute atomic E-state index is 9.61. The number of hydrogen-bond donors (Lipinski definition) is 2. The molecule has 3 rings (SSSR count). The van der Waals surface area contributed by atoms with Crippen LogP contribution < -0.4 is 5.32 Å². The van der Waals surface area contributed by atoms with Crippen LogP contribution in [-0.4, -0.2) is 36.5 Å². The highest BCUT2D eigenvalue weighted by Gasteiger charge is 2.55. The van der Waals surface area contributed by atoms with Gasteiger partial charge in [0.15, 0.2) is 0 Å². The molecule has 0 bridgehead atoms. The number of aliphatic hydroxyl groups is 1. The summed E-state index contributed by atoms with van der Waals surface area (Å²) in [7, 11) is 0. The molecule has 1 unspecified atom stereocenters. The molecule has 2 N–H and O–H groups in total. The fourth-order valence-electron chi connectivity index (χ4n) is 3.18. The third-order valence-corrected chi connectivity index (χ3v) is 4.25. The molecule has 3 aliphatic rings. The van der Waals surface area contributed by atoms with Gasteiger partial charge in [-0.15, -0.1) is 0 Å². The minimum atomic E-state index is -0.283. The van der Waals surface area contributed by atoms with Gasteiger partial charge in [0.05, 0.1) is 25.4 Å². The van der Waals surface area contributed by atoms with Crippen molar-refractivity contribution in [2.24, 2.45) is 5.41 Å². The first-order valence-electron chi connectivity index (χ1n) is 5.82. The number of hydrogen-bond acceptors (Lipinski definition) is 3. The van der Waals surface area contributed by atoms with Crippen molar-refractivity contribution < 1.29 is 9.84 Å². The van der Waals surface area contributed by atoms with Gasteiger partial charge in [0.25, 0.3) is 0 Å². The Morgan fingerprint density at radius 2 is 2.00 bits per heavy atom. The summed E-state index contributed by atoms with van der Waals surface area (Å²) >= 11 is 0. The Bertz CT molecular complexity index is 225. The summed E-state index contributed by atoms with van der Waals surface area (Å²) in [6.07, 6.45) is 6.65. The Balaban J connectivity index is 1.54. The lowest BCUT2D eigenvalue weighted by Crippen LogP contribution is -2.41. The van der Waals surface area contributed by atoms with Gasteiger partial charge in [-0.25, -0.2) is 0 Å².